The first kappa shape index (κ1) is 20.9. The normalized spacial score (nSPS) is 26.4. The molecule has 1 saturated heterocycles. The van der Waals surface area contributed by atoms with Gasteiger partial charge in [-0.25, -0.2) is 0 Å². The number of nitrogens with zero attached hydrogens (tertiary/aromatic N) is 1. The number of benzene rings is 2. The molecule has 0 aromatic heterocycles. The van der Waals surface area contributed by atoms with Gasteiger partial charge in [0.2, 0.25) is 0 Å². The Balaban J connectivity index is 1.81. The van der Waals surface area contributed by atoms with Crippen LogP contribution in [0.4, 0.5) is 5.69 Å². The zero-order valence-corrected chi connectivity index (χ0v) is 17.5. The van der Waals surface area contributed by atoms with Crippen molar-refractivity contribution in [2.45, 2.75) is 37.4 Å². The maximum Gasteiger partial charge on any atom is 0.256 e. The van der Waals surface area contributed by atoms with Gasteiger partial charge in [-0.1, -0.05) is 36.9 Å². The van der Waals surface area contributed by atoms with Gasteiger partial charge in [-0.3, -0.25) is 20.2 Å². The largest absolute Gasteiger partial charge is 0.490 e. The number of hydrogen-bond acceptors (Lipinski definition) is 6. The highest BCUT2D eigenvalue weighted by molar-refractivity contribution is 6.07. The summed E-state index contributed by atoms with van der Waals surface area (Å²) in [6, 6.07) is 10.9. The average molecular weight is 423 g/mol. The lowest BCUT2D eigenvalue weighted by molar-refractivity contribution is -0.532. The van der Waals surface area contributed by atoms with E-state index in [2.05, 4.69) is 17.2 Å². The van der Waals surface area contributed by atoms with Gasteiger partial charge in [0.15, 0.2) is 17.0 Å². The van der Waals surface area contributed by atoms with Crippen LogP contribution in [0.2, 0.25) is 0 Å². The van der Waals surface area contributed by atoms with Crippen LogP contribution in [0.15, 0.2) is 55.1 Å². The lowest BCUT2D eigenvalue weighted by Gasteiger charge is -2.25. The van der Waals surface area contributed by atoms with Crippen LogP contribution in [0.1, 0.15) is 30.9 Å². The van der Waals surface area contributed by atoms with Crippen molar-refractivity contribution in [3.63, 3.8) is 0 Å². The Morgan fingerprint density at radius 3 is 2.71 bits per heavy atom. The molecule has 0 saturated carbocycles. The highest BCUT2D eigenvalue weighted by Crippen LogP contribution is 2.50. The Labute approximate surface area is 180 Å². The summed E-state index contributed by atoms with van der Waals surface area (Å²) in [5.41, 5.74) is 0.480. The third-order valence-electron chi connectivity index (χ3n) is 5.97. The summed E-state index contributed by atoms with van der Waals surface area (Å²) in [5, 5.41) is 18.5. The first-order valence-electron chi connectivity index (χ1n) is 10.3. The Bertz CT molecular complexity index is 1040. The Kier molecular flexibility index (Phi) is 5.41. The number of nitrogens with one attached hydrogen (secondary N) is 2. The molecule has 1 fully saturated rings. The molecule has 0 radical (unpaired) electrons. The van der Waals surface area contributed by atoms with E-state index < -0.39 is 23.4 Å². The summed E-state index contributed by atoms with van der Waals surface area (Å²) < 4.78 is 11.4. The zero-order chi connectivity index (χ0) is 22.2. The van der Waals surface area contributed by atoms with Gasteiger partial charge in [0.25, 0.3) is 11.9 Å². The van der Waals surface area contributed by atoms with E-state index >= 15 is 0 Å². The van der Waals surface area contributed by atoms with E-state index in [1.165, 1.54) is 0 Å². The number of ether oxygens (including phenoxy) is 2. The number of fused-ring (bicyclic) bond motifs is 2. The molecule has 8 heteroatoms. The molecule has 2 aromatic carbocycles. The van der Waals surface area contributed by atoms with Crippen molar-refractivity contribution in [1.29, 1.82) is 0 Å². The molecule has 4 rings (SSSR count). The van der Waals surface area contributed by atoms with Crippen LogP contribution in [0.25, 0.3) is 0 Å². The highest BCUT2D eigenvalue weighted by Gasteiger charge is 2.67. The summed E-state index contributed by atoms with van der Waals surface area (Å²) in [4.78, 5) is 25.1. The lowest BCUT2D eigenvalue weighted by atomic mass is 9.78. The molecule has 2 aliphatic heterocycles. The number of para-hydroxylation sites is 1. The summed E-state index contributed by atoms with van der Waals surface area (Å²) in [6.45, 7) is 8.12. The molecule has 1 amide bonds. The Morgan fingerprint density at radius 1 is 1.23 bits per heavy atom. The smallest absolute Gasteiger partial charge is 0.256 e. The van der Waals surface area contributed by atoms with Gasteiger partial charge in [0.1, 0.15) is 6.61 Å². The van der Waals surface area contributed by atoms with Crippen LogP contribution in [-0.2, 0) is 10.3 Å². The number of nitro groups is 1. The molecule has 1 spiro atoms. The minimum absolute atomic E-state index is 0.318. The SMILES string of the molecule is C=CCOc1ccc([C@@H]2[C@H](C)N[C@@]3(C(=O)Nc4ccccc43)[C@@H]2[N+](=O)[O-])cc1OCC. The van der Waals surface area contributed by atoms with Crippen molar-refractivity contribution >= 4 is 11.6 Å². The highest BCUT2D eigenvalue weighted by atomic mass is 16.6. The maximum absolute atomic E-state index is 13.1. The maximum atomic E-state index is 13.1. The van der Waals surface area contributed by atoms with Gasteiger partial charge >= 0.3 is 0 Å². The third kappa shape index (κ3) is 3.23. The van der Waals surface area contributed by atoms with Gasteiger partial charge in [-0.05, 0) is 37.6 Å². The molecular weight excluding hydrogens is 398 g/mol. The second kappa shape index (κ2) is 8.03. The number of carbonyl (C=O) groups is 1. The van der Waals surface area contributed by atoms with E-state index in [1.807, 2.05) is 13.8 Å². The minimum Gasteiger partial charge on any atom is -0.490 e. The van der Waals surface area contributed by atoms with Crippen LogP contribution in [0.5, 0.6) is 11.5 Å². The van der Waals surface area contributed by atoms with Crippen molar-refractivity contribution in [2.75, 3.05) is 18.5 Å². The third-order valence-corrected chi connectivity index (χ3v) is 5.97. The number of carbonyl (C=O) groups excluding carboxylic acids is 1. The van der Waals surface area contributed by atoms with Crippen molar-refractivity contribution in [3.05, 3.63) is 76.4 Å². The van der Waals surface area contributed by atoms with Crippen molar-refractivity contribution in [1.82, 2.24) is 5.32 Å². The van der Waals surface area contributed by atoms with Gasteiger partial charge in [0.05, 0.1) is 12.5 Å². The molecular formula is C23H25N3O5. The number of rotatable bonds is 7. The number of anilines is 1. The Morgan fingerprint density at radius 2 is 2.00 bits per heavy atom. The van der Waals surface area contributed by atoms with Crippen molar-refractivity contribution in [2.24, 2.45) is 0 Å². The minimum atomic E-state index is -1.44. The van der Waals surface area contributed by atoms with Crippen LogP contribution < -0.4 is 20.1 Å². The second-order valence-electron chi connectivity index (χ2n) is 7.74. The molecule has 2 heterocycles. The summed E-state index contributed by atoms with van der Waals surface area (Å²) in [7, 11) is 0. The van der Waals surface area contributed by atoms with E-state index in [0.717, 1.165) is 0 Å². The first-order valence-corrected chi connectivity index (χ1v) is 10.3. The molecule has 4 atom stereocenters. The predicted molar refractivity (Wildman–Crippen MR) is 116 cm³/mol. The summed E-state index contributed by atoms with van der Waals surface area (Å²) >= 11 is 0. The fourth-order valence-electron chi connectivity index (χ4n) is 4.82. The average Bonchev–Trinajstić information content (AvgIpc) is 3.21. The first-order chi connectivity index (χ1) is 14.9. The summed E-state index contributed by atoms with van der Waals surface area (Å²) in [6.07, 6.45) is 1.63. The topological polar surface area (TPSA) is 103 Å². The lowest BCUT2D eigenvalue weighted by Crippen LogP contribution is -2.54. The molecule has 0 aliphatic carbocycles. The monoisotopic (exact) mass is 423 g/mol. The van der Waals surface area contributed by atoms with Crippen molar-refractivity contribution < 1.29 is 19.2 Å². The van der Waals surface area contributed by atoms with E-state index in [9.17, 15) is 14.9 Å². The van der Waals surface area contributed by atoms with Crippen molar-refractivity contribution in [3.8, 4) is 11.5 Å². The van der Waals surface area contributed by atoms with E-state index in [-0.39, 0.29) is 11.0 Å². The molecule has 162 valence electrons. The van der Waals surface area contributed by atoms with Gasteiger partial charge in [-0.2, -0.15) is 0 Å². The fourth-order valence-corrected chi connectivity index (χ4v) is 4.82. The van der Waals surface area contributed by atoms with Crippen LogP contribution in [-0.4, -0.2) is 36.1 Å². The number of hydrogen-bond donors (Lipinski definition) is 2. The van der Waals surface area contributed by atoms with Crippen LogP contribution in [0.3, 0.4) is 0 Å². The van der Waals surface area contributed by atoms with E-state index in [4.69, 9.17) is 9.47 Å². The summed E-state index contributed by atoms with van der Waals surface area (Å²) in [5.74, 6) is 0.0917. The molecule has 8 nitrogen and oxygen atoms in total. The van der Waals surface area contributed by atoms with E-state index in [0.29, 0.717) is 41.5 Å². The fraction of sp³-hybridized carbons (Fsp3) is 0.348. The van der Waals surface area contributed by atoms with Crippen LogP contribution >= 0.6 is 0 Å². The van der Waals surface area contributed by atoms with Gasteiger partial charge in [0, 0.05) is 22.2 Å². The molecule has 31 heavy (non-hydrogen) atoms. The van der Waals surface area contributed by atoms with Crippen LogP contribution in [0, 0.1) is 10.1 Å². The second-order valence-corrected chi connectivity index (χ2v) is 7.74. The predicted octanol–water partition coefficient (Wildman–Crippen LogP) is 3.22. The molecule has 0 bridgehead atoms. The zero-order valence-electron chi connectivity index (χ0n) is 17.5. The quantitative estimate of drug-likeness (QED) is 0.403. The molecule has 2 N–H and O–H groups in total. The Hall–Kier alpha value is -3.39. The standard InChI is InChI=1S/C23H25N3O5/c1-4-12-31-18-11-10-15(13-19(18)30-5-2)20-14(3)25-23(21(20)26(28)29)16-8-6-7-9-17(16)24-22(23)27/h4,6-11,13-14,20-21,25H,1,5,12H2,2-3H3,(H,24,27)/t14-,20-,21+,23+/m0/s1. The molecule has 2 aliphatic rings. The van der Waals surface area contributed by atoms with Gasteiger partial charge < -0.3 is 14.8 Å². The molecule has 0 unspecified atom stereocenters. The van der Waals surface area contributed by atoms with Gasteiger partial charge in [-0.15, -0.1) is 0 Å². The van der Waals surface area contributed by atoms with E-state index in [1.54, 1.807) is 48.5 Å². The number of amides is 1. The molecule has 2 aromatic rings.